The van der Waals surface area contributed by atoms with Crippen LogP contribution in [0.1, 0.15) is 10.4 Å². The van der Waals surface area contributed by atoms with Gasteiger partial charge in [0.1, 0.15) is 0 Å². The SMILES string of the molecule is O=C(O)c1ccccc1.[Zr].c1ccc2[cH-]ccc2c1. The van der Waals surface area contributed by atoms with Crippen LogP contribution < -0.4 is 0 Å². The predicted octanol–water partition coefficient (Wildman–Crippen LogP) is 3.94. The van der Waals surface area contributed by atoms with E-state index in [1.807, 2.05) is 0 Å². The average Bonchev–Trinajstić information content (AvgIpc) is 2.89. The summed E-state index contributed by atoms with van der Waals surface area (Å²) in [6, 6.07) is 23.0. The van der Waals surface area contributed by atoms with Gasteiger partial charge in [-0.1, -0.05) is 24.3 Å². The molecule has 3 rings (SSSR count). The minimum atomic E-state index is -0.879. The summed E-state index contributed by atoms with van der Waals surface area (Å²) in [5.41, 5.74) is 0.331. The largest absolute Gasteiger partial charge is 0.478 e. The van der Waals surface area contributed by atoms with Crippen LogP contribution in [0.25, 0.3) is 10.8 Å². The van der Waals surface area contributed by atoms with E-state index < -0.39 is 5.97 Å². The number of rotatable bonds is 1. The zero-order valence-corrected chi connectivity index (χ0v) is 12.7. The van der Waals surface area contributed by atoms with Gasteiger partial charge < -0.3 is 5.11 Å². The second-order valence-corrected chi connectivity index (χ2v) is 3.83. The number of aromatic carboxylic acids is 1. The first-order chi connectivity index (χ1) is 8.77. The Labute approximate surface area is 131 Å². The number of hydrogen-bond acceptors (Lipinski definition) is 1. The maximum atomic E-state index is 10.2. The van der Waals surface area contributed by atoms with Crippen molar-refractivity contribution in [1.82, 2.24) is 0 Å². The molecule has 19 heavy (non-hydrogen) atoms. The third-order valence-corrected chi connectivity index (χ3v) is 2.57. The molecule has 94 valence electrons. The Morgan fingerprint density at radius 1 is 0.895 bits per heavy atom. The summed E-state index contributed by atoms with van der Waals surface area (Å²) in [7, 11) is 0. The van der Waals surface area contributed by atoms with E-state index in [1.165, 1.54) is 10.8 Å². The molecule has 0 radical (unpaired) electrons. The second-order valence-electron chi connectivity index (χ2n) is 3.83. The fraction of sp³-hybridized carbons (Fsp3) is 0. The van der Waals surface area contributed by atoms with Crippen molar-refractivity contribution < 1.29 is 36.1 Å². The fourth-order valence-electron chi connectivity index (χ4n) is 1.65. The topological polar surface area (TPSA) is 37.3 Å². The molecule has 3 aromatic carbocycles. The van der Waals surface area contributed by atoms with E-state index in [9.17, 15) is 4.79 Å². The number of carboxylic acids is 1. The van der Waals surface area contributed by atoms with E-state index >= 15 is 0 Å². The predicted molar refractivity (Wildman–Crippen MR) is 72.9 cm³/mol. The summed E-state index contributed by atoms with van der Waals surface area (Å²) >= 11 is 0. The molecule has 3 aromatic rings. The van der Waals surface area contributed by atoms with Gasteiger partial charge in [0.2, 0.25) is 0 Å². The standard InChI is InChI=1S/C9H7.C7H6O2.Zr/c1-2-5-9-7-3-6-8(9)4-1;8-7(9)6-4-2-1-3-5-6;/h1-7H;1-5H,(H,8,9);/q-1;;. The Kier molecular flexibility index (Phi) is 6.31. The average molecular weight is 329 g/mol. The Balaban J connectivity index is 0.000000180. The summed E-state index contributed by atoms with van der Waals surface area (Å²) in [4.78, 5) is 10.2. The van der Waals surface area contributed by atoms with Gasteiger partial charge in [-0.25, -0.2) is 4.79 Å². The summed E-state index contributed by atoms with van der Waals surface area (Å²) in [6.07, 6.45) is 0. The van der Waals surface area contributed by atoms with Crippen LogP contribution in [0.2, 0.25) is 0 Å². The monoisotopic (exact) mass is 327 g/mol. The van der Waals surface area contributed by atoms with Gasteiger partial charge >= 0.3 is 5.97 Å². The van der Waals surface area contributed by atoms with E-state index in [4.69, 9.17) is 5.11 Å². The van der Waals surface area contributed by atoms with Crippen molar-refractivity contribution >= 4 is 16.7 Å². The molecule has 2 nitrogen and oxygen atoms in total. The number of carboxylic acid groups (broad SMARTS) is 1. The van der Waals surface area contributed by atoms with Gasteiger partial charge in [-0.2, -0.15) is 17.5 Å². The normalized spacial score (nSPS) is 9.05. The smallest absolute Gasteiger partial charge is 0.335 e. The molecule has 0 atom stereocenters. The van der Waals surface area contributed by atoms with Gasteiger partial charge in [0.25, 0.3) is 0 Å². The van der Waals surface area contributed by atoms with Crippen LogP contribution in [0.15, 0.2) is 72.8 Å². The summed E-state index contributed by atoms with van der Waals surface area (Å²) in [5.74, 6) is -0.879. The molecule has 0 saturated carbocycles. The van der Waals surface area contributed by atoms with Crippen LogP contribution >= 0.6 is 0 Å². The molecule has 0 spiro atoms. The molecule has 0 saturated heterocycles. The maximum Gasteiger partial charge on any atom is 0.335 e. The second kappa shape index (κ2) is 7.75. The zero-order valence-electron chi connectivity index (χ0n) is 10.3. The van der Waals surface area contributed by atoms with Crippen LogP contribution in [0.3, 0.4) is 0 Å². The van der Waals surface area contributed by atoms with Crippen molar-refractivity contribution in [2.24, 2.45) is 0 Å². The first kappa shape index (κ1) is 15.5. The fourth-order valence-corrected chi connectivity index (χ4v) is 1.65. The van der Waals surface area contributed by atoms with Gasteiger partial charge in [-0.15, -0.1) is 29.7 Å². The quantitative estimate of drug-likeness (QED) is 0.687. The molecule has 0 aromatic heterocycles. The third-order valence-electron chi connectivity index (χ3n) is 2.57. The van der Waals surface area contributed by atoms with Crippen LogP contribution in [0.4, 0.5) is 0 Å². The van der Waals surface area contributed by atoms with E-state index in [1.54, 1.807) is 30.3 Å². The first-order valence-corrected chi connectivity index (χ1v) is 5.66. The molecule has 0 unspecified atom stereocenters. The number of carbonyl (C=O) groups is 1. The molecule has 0 bridgehead atoms. The van der Waals surface area contributed by atoms with Crippen LogP contribution in [0.5, 0.6) is 0 Å². The van der Waals surface area contributed by atoms with E-state index in [0.717, 1.165) is 0 Å². The van der Waals surface area contributed by atoms with Gasteiger partial charge in [0.05, 0.1) is 5.56 Å². The molecule has 0 aliphatic rings. The first-order valence-electron chi connectivity index (χ1n) is 5.66. The molecular formula is C16H13O2Zr-. The Morgan fingerprint density at radius 3 is 2.11 bits per heavy atom. The summed E-state index contributed by atoms with van der Waals surface area (Å²) < 4.78 is 0. The summed E-state index contributed by atoms with van der Waals surface area (Å²) in [5, 5.41) is 11.0. The molecule has 0 heterocycles. The van der Waals surface area contributed by atoms with Crippen LogP contribution in [-0.4, -0.2) is 11.1 Å². The minimum absolute atomic E-state index is 0. The van der Waals surface area contributed by atoms with Crippen molar-refractivity contribution in [2.45, 2.75) is 0 Å². The van der Waals surface area contributed by atoms with Crippen molar-refractivity contribution in [3.63, 3.8) is 0 Å². The summed E-state index contributed by atoms with van der Waals surface area (Å²) in [6.45, 7) is 0. The van der Waals surface area contributed by atoms with Gasteiger partial charge in [-0.05, 0) is 12.1 Å². The van der Waals surface area contributed by atoms with Crippen molar-refractivity contribution in [2.75, 3.05) is 0 Å². The minimum Gasteiger partial charge on any atom is -0.478 e. The number of benzene rings is 2. The molecule has 0 aliphatic carbocycles. The van der Waals surface area contributed by atoms with Crippen molar-refractivity contribution in [1.29, 1.82) is 0 Å². The van der Waals surface area contributed by atoms with Crippen molar-refractivity contribution in [3.8, 4) is 0 Å². The number of fused-ring (bicyclic) bond motifs is 1. The maximum absolute atomic E-state index is 10.2. The van der Waals surface area contributed by atoms with E-state index in [2.05, 4.69) is 42.5 Å². The Bertz CT molecular complexity index is 599. The van der Waals surface area contributed by atoms with E-state index in [-0.39, 0.29) is 26.2 Å². The Morgan fingerprint density at radius 2 is 1.53 bits per heavy atom. The van der Waals surface area contributed by atoms with E-state index in [0.29, 0.717) is 5.56 Å². The molecule has 0 fully saturated rings. The third kappa shape index (κ3) is 4.53. The molecule has 0 amide bonds. The molecule has 3 heteroatoms. The van der Waals surface area contributed by atoms with Crippen LogP contribution in [0, 0.1) is 0 Å². The molecular weight excluding hydrogens is 315 g/mol. The molecule has 0 aliphatic heterocycles. The van der Waals surface area contributed by atoms with Gasteiger partial charge in [0.15, 0.2) is 0 Å². The van der Waals surface area contributed by atoms with Crippen molar-refractivity contribution in [3.05, 3.63) is 78.4 Å². The van der Waals surface area contributed by atoms with Crippen LogP contribution in [-0.2, 0) is 26.2 Å². The Hall–Kier alpha value is -1.60. The zero-order chi connectivity index (χ0) is 12.8. The molecule has 1 N–H and O–H groups in total. The number of hydrogen-bond donors (Lipinski definition) is 1. The van der Waals surface area contributed by atoms with Gasteiger partial charge in [0, 0.05) is 26.2 Å². The van der Waals surface area contributed by atoms with Gasteiger partial charge in [-0.3, -0.25) is 0 Å².